The average Bonchev–Trinajstić information content (AvgIpc) is 2.67. The number of hydrogen-bond acceptors (Lipinski definition) is 7. The lowest BCUT2D eigenvalue weighted by atomic mass is 9.99. The summed E-state index contributed by atoms with van der Waals surface area (Å²) in [4.78, 5) is 46.4. The molecule has 0 aliphatic carbocycles. The first-order valence-corrected chi connectivity index (χ1v) is 8.34. The van der Waals surface area contributed by atoms with Crippen LogP contribution in [0.4, 0.5) is 0 Å². The number of ether oxygens (including phenoxy) is 3. The van der Waals surface area contributed by atoms with Crippen molar-refractivity contribution in [3.63, 3.8) is 0 Å². The highest BCUT2D eigenvalue weighted by Crippen LogP contribution is 2.13. The van der Waals surface area contributed by atoms with Crippen LogP contribution in [0.5, 0.6) is 5.75 Å². The van der Waals surface area contributed by atoms with Crippen LogP contribution in [-0.4, -0.2) is 50.1 Å². The SMILES string of the molecule is CC[C@H](C)[C@H](NC(=O)COC(=O)c1ccc(OCC(N)=O)cc1)C(=O)OC. The van der Waals surface area contributed by atoms with Gasteiger partial charge in [0.15, 0.2) is 13.2 Å². The van der Waals surface area contributed by atoms with Crippen molar-refractivity contribution in [1.82, 2.24) is 5.32 Å². The zero-order chi connectivity index (χ0) is 20.4. The predicted octanol–water partition coefficient (Wildman–Crippen LogP) is 0.411. The number of nitrogens with one attached hydrogen (secondary N) is 1. The summed E-state index contributed by atoms with van der Waals surface area (Å²) >= 11 is 0. The van der Waals surface area contributed by atoms with Crippen molar-refractivity contribution in [1.29, 1.82) is 0 Å². The third-order valence-corrected chi connectivity index (χ3v) is 3.79. The molecule has 2 amide bonds. The van der Waals surface area contributed by atoms with Gasteiger partial charge >= 0.3 is 11.9 Å². The van der Waals surface area contributed by atoms with Gasteiger partial charge in [-0.15, -0.1) is 0 Å². The lowest BCUT2D eigenvalue weighted by molar-refractivity contribution is -0.147. The number of carbonyl (C=O) groups excluding carboxylic acids is 4. The van der Waals surface area contributed by atoms with Crippen LogP contribution in [0.2, 0.25) is 0 Å². The normalized spacial score (nSPS) is 12.4. The predicted molar refractivity (Wildman–Crippen MR) is 94.8 cm³/mol. The maximum absolute atomic E-state index is 12.0. The minimum absolute atomic E-state index is 0.134. The zero-order valence-corrected chi connectivity index (χ0v) is 15.5. The monoisotopic (exact) mass is 380 g/mol. The van der Waals surface area contributed by atoms with Gasteiger partial charge in [-0.25, -0.2) is 9.59 Å². The Bertz CT molecular complexity index is 673. The molecule has 27 heavy (non-hydrogen) atoms. The molecule has 148 valence electrons. The number of amides is 2. The summed E-state index contributed by atoms with van der Waals surface area (Å²) < 4.78 is 14.7. The van der Waals surface area contributed by atoms with Crippen LogP contribution in [0.3, 0.4) is 0 Å². The van der Waals surface area contributed by atoms with Gasteiger partial charge in [0.2, 0.25) is 0 Å². The maximum Gasteiger partial charge on any atom is 0.338 e. The third kappa shape index (κ3) is 7.35. The molecule has 1 aromatic rings. The molecule has 0 unspecified atom stereocenters. The van der Waals surface area contributed by atoms with E-state index in [4.69, 9.17) is 15.2 Å². The number of esters is 2. The smallest absolute Gasteiger partial charge is 0.338 e. The van der Waals surface area contributed by atoms with Gasteiger partial charge in [0.25, 0.3) is 11.8 Å². The second-order valence-corrected chi connectivity index (χ2v) is 5.81. The molecule has 2 atom stereocenters. The molecule has 1 rings (SSSR count). The molecule has 0 saturated carbocycles. The Morgan fingerprint density at radius 1 is 1.11 bits per heavy atom. The van der Waals surface area contributed by atoms with Gasteiger partial charge in [-0.05, 0) is 30.2 Å². The lowest BCUT2D eigenvalue weighted by Gasteiger charge is -2.21. The van der Waals surface area contributed by atoms with Gasteiger partial charge in [0, 0.05) is 0 Å². The largest absolute Gasteiger partial charge is 0.484 e. The fraction of sp³-hybridized carbons (Fsp3) is 0.444. The van der Waals surface area contributed by atoms with Crippen LogP contribution < -0.4 is 15.8 Å². The molecule has 9 heteroatoms. The minimum Gasteiger partial charge on any atom is -0.484 e. The quantitative estimate of drug-likeness (QED) is 0.562. The van der Waals surface area contributed by atoms with Gasteiger partial charge in [-0.3, -0.25) is 9.59 Å². The molecule has 0 spiro atoms. The fourth-order valence-electron chi connectivity index (χ4n) is 2.07. The molecular formula is C18H24N2O7. The molecule has 0 fully saturated rings. The van der Waals surface area contributed by atoms with Crippen molar-refractivity contribution >= 4 is 23.8 Å². The average molecular weight is 380 g/mol. The second-order valence-electron chi connectivity index (χ2n) is 5.81. The molecule has 0 aromatic heterocycles. The molecule has 0 radical (unpaired) electrons. The number of benzene rings is 1. The number of hydrogen-bond donors (Lipinski definition) is 2. The Balaban J connectivity index is 2.56. The van der Waals surface area contributed by atoms with E-state index in [1.165, 1.54) is 31.4 Å². The van der Waals surface area contributed by atoms with E-state index < -0.39 is 36.4 Å². The Hall–Kier alpha value is -3.10. The van der Waals surface area contributed by atoms with E-state index >= 15 is 0 Å². The number of primary amides is 1. The Labute approximate surface area is 157 Å². The van der Waals surface area contributed by atoms with Crippen molar-refractivity contribution in [3.05, 3.63) is 29.8 Å². The van der Waals surface area contributed by atoms with E-state index in [-0.39, 0.29) is 18.1 Å². The summed E-state index contributed by atoms with van der Waals surface area (Å²) in [6, 6.07) is 4.97. The molecule has 0 saturated heterocycles. The van der Waals surface area contributed by atoms with Crippen LogP contribution in [0.1, 0.15) is 30.6 Å². The van der Waals surface area contributed by atoms with Crippen molar-refractivity contribution in [3.8, 4) is 5.75 Å². The molecule has 9 nitrogen and oxygen atoms in total. The van der Waals surface area contributed by atoms with Crippen LogP contribution in [0.25, 0.3) is 0 Å². The van der Waals surface area contributed by atoms with Crippen molar-refractivity contribution < 1.29 is 33.4 Å². The molecule has 1 aromatic carbocycles. The summed E-state index contributed by atoms with van der Waals surface area (Å²) in [6.45, 7) is 2.86. The van der Waals surface area contributed by atoms with Crippen LogP contribution in [-0.2, 0) is 23.9 Å². The van der Waals surface area contributed by atoms with Crippen molar-refractivity contribution in [2.45, 2.75) is 26.3 Å². The topological polar surface area (TPSA) is 134 Å². The van der Waals surface area contributed by atoms with Crippen molar-refractivity contribution in [2.75, 3.05) is 20.3 Å². The molecule has 0 bridgehead atoms. The molecule has 0 aliphatic heterocycles. The van der Waals surface area contributed by atoms with E-state index in [0.717, 1.165) is 0 Å². The first-order valence-electron chi connectivity index (χ1n) is 8.34. The van der Waals surface area contributed by atoms with Crippen LogP contribution in [0.15, 0.2) is 24.3 Å². The Morgan fingerprint density at radius 2 is 1.74 bits per heavy atom. The first kappa shape index (κ1) is 21.9. The van der Waals surface area contributed by atoms with E-state index in [0.29, 0.717) is 12.2 Å². The van der Waals surface area contributed by atoms with E-state index in [1.807, 2.05) is 6.92 Å². The van der Waals surface area contributed by atoms with Gasteiger partial charge in [0.1, 0.15) is 11.8 Å². The number of methoxy groups -OCH3 is 1. The van der Waals surface area contributed by atoms with Gasteiger partial charge in [0.05, 0.1) is 12.7 Å². The van der Waals surface area contributed by atoms with E-state index in [1.54, 1.807) is 6.92 Å². The Morgan fingerprint density at radius 3 is 2.26 bits per heavy atom. The summed E-state index contributed by atoms with van der Waals surface area (Å²) in [5, 5.41) is 2.51. The second kappa shape index (κ2) is 10.8. The number of nitrogens with two attached hydrogens (primary N) is 1. The maximum atomic E-state index is 12.0. The molecule has 3 N–H and O–H groups in total. The van der Waals surface area contributed by atoms with Gasteiger partial charge < -0.3 is 25.3 Å². The summed E-state index contributed by atoms with van der Waals surface area (Å²) in [6.07, 6.45) is 0.657. The molecule has 0 aliphatic rings. The first-order chi connectivity index (χ1) is 12.8. The van der Waals surface area contributed by atoms with Crippen LogP contribution in [0, 0.1) is 5.92 Å². The zero-order valence-electron chi connectivity index (χ0n) is 15.5. The number of carbonyl (C=O) groups is 4. The van der Waals surface area contributed by atoms with Gasteiger partial charge in [-0.1, -0.05) is 20.3 Å². The lowest BCUT2D eigenvalue weighted by Crippen LogP contribution is -2.47. The summed E-state index contributed by atoms with van der Waals surface area (Å²) in [7, 11) is 1.24. The highest BCUT2D eigenvalue weighted by molar-refractivity contribution is 5.92. The Kier molecular flexibility index (Phi) is 8.77. The van der Waals surface area contributed by atoms with Crippen molar-refractivity contribution in [2.24, 2.45) is 11.7 Å². The van der Waals surface area contributed by atoms with E-state index in [2.05, 4.69) is 10.1 Å². The number of rotatable bonds is 10. The summed E-state index contributed by atoms with van der Waals surface area (Å²) in [5.74, 6) is -2.28. The van der Waals surface area contributed by atoms with E-state index in [9.17, 15) is 19.2 Å². The molecule has 0 heterocycles. The third-order valence-electron chi connectivity index (χ3n) is 3.79. The standard InChI is InChI=1S/C18H24N2O7/c1-4-11(2)16(18(24)25-3)20-15(22)10-27-17(23)12-5-7-13(8-6-12)26-9-14(19)21/h5-8,11,16H,4,9-10H2,1-3H3,(H2,19,21)(H,20,22)/t11-,16-/m0/s1. The highest BCUT2D eigenvalue weighted by atomic mass is 16.5. The minimum atomic E-state index is -0.812. The highest BCUT2D eigenvalue weighted by Gasteiger charge is 2.27. The molecular weight excluding hydrogens is 356 g/mol. The fourth-order valence-corrected chi connectivity index (χ4v) is 2.07. The van der Waals surface area contributed by atoms with Gasteiger partial charge in [-0.2, -0.15) is 0 Å². The van der Waals surface area contributed by atoms with Crippen LogP contribution >= 0.6 is 0 Å². The summed E-state index contributed by atoms with van der Waals surface area (Å²) in [5.41, 5.74) is 5.17.